The third-order valence-corrected chi connectivity index (χ3v) is 3.96. The van der Waals surface area contributed by atoms with E-state index in [0.717, 1.165) is 12.2 Å². The van der Waals surface area contributed by atoms with Crippen LogP contribution in [0, 0.1) is 5.92 Å². The third kappa shape index (κ3) is 3.26. The summed E-state index contributed by atoms with van der Waals surface area (Å²) in [6.45, 7) is 7.05. The summed E-state index contributed by atoms with van der Waals surface area (Å²) in [6, 6.07) is 9.00. The number of nitrogens with one attached hydrogen (secondary N) is 2. The molecule has 1 heterocycles. The third-order valence-electron chi connectivity index (χ3n) is 3.96. The highest BCUT2D eigenvalue weighted by molar-refractivity contribution is 5.30. The largest absolute Gasteiger partial charge is 0.491 e. The molecule has 0 saturated carbocycles. The highest BCUT2D eigenvalue weighted by Crippen LogP contribution is 2.29. The first kappa shape index (κ1) is 14.3. The van der Waals surface area contributed by atoms with Crippen LogP contribution >= 0.6 is 0 Å². The average molecular weight is 263 g/mol. The van der Waals surface area contributed by atoms with Crippen molar-refractivity contribution in [3.05, 3.63) is 29.8 Å². The van der Waals surface area contributed by atoms with Gasteiger partial charge in [0.1, 0.15) is 5.75 Å². The van der Waals surface area contributed by atoms with Crippen molar-refractivity contribution in [1.82, 2.24) is 10.9 Å². The smallest absolute Gasteiger partial charge is 0.119 e. The molecule has 1 aromatic carbocycles. The predicted molar refractivity (Wildman–Crippen MR) is 77.8 cm³/mol. The summed E-state index contributed by atoms with van der Waals surface area (Å²) >= 11 is 0. The van der Waals surface area contributed by atoms with Gasteiger partial charge in [-0.05, 0) is 44.5 Å². The van der Waals surface area contributed by atoms with Crippen molar-refractivity contribution >= 4 is 0 Å². The Morgan fingerprint density at radius 2 is 1.95 bits per heavy atom. The average Bonchev–Trinajstić information content (AvgIpc) is 2.80. The first-order chi connectivity index (χ1) is 9.15. The van der Waals surface area contributed by atoms with Gasteiger partial charge in [-0.25, -0.2) is 5.43 Å². The molecule has 106 valence electrons. The second kappa shape index (κ2) is 6.37. The van der Waals surface area contributed by atoms with Crippen LogP contribution in [0.2, 0.25) is 0 Å². The number of hydrazine groups is 1. The van der Waals surface area contributed by atoms with Gasteiger partial charge in [0, 0.05) is 12.0 Å². The van der Waals surface area contributed by atoms with Crippen molar-refractivity contribution in [3.8, 4) is 5.75 Å². The molecular formula is C15H25N3O. The van der Waals surface area contributed by atoms with Crippen LogP contribution in [0.4, 0.5) is 0 Å². The Hall–Kier alpha value is -1.10. The minimum Gasteiger partial charge on any atom is -0.491 e. The van der Waals surface area contributed by atoms with Crippen LogP contribution in [0.15, 0.2) is 24.3 Å². The minimum atomic E-state index is 0.258. The van der Waals surface area contributed by atoms with Gasteiger partial charge in [0.25, 0.3) is 0 Å². The number of rotatable bonds is 5. The molecule has 4 atom stereocenters. The van der Waals surface area contributed by atoms with E-state index in [0.29, 0.717) is 18.5 Å². The van der Waals surface area contributed by atoms with Crippen LogP contribution in [0.5, 0.6) is 5.75 Å². The summed E-state index contributed by atoms with van der Waals surface area (Å²) in [6.07, 6.45) is 1.27. The molecule has 1 aliphatic heterocycles. The highest BCUT2D eigenvalue weighted by Gasteiger charge is 2.32. The van der Waals surface area contributed by atoms with Crippen LogP contribution < -0.4 is 21.3 Å². The fourth-order valence-electron chi connectivity index (χ4n) is 2.46. The zero-order valence-corrected chi connectivity index (χ0v) is 12.0. The van der Waals surface area contributed by atoms with Gasteiger partial charge in [-0.3, -0.25) is 5.43 Å². The maximum absolute atomic E-state index is 5.86. The predicted octanol–water partition coefficient (Wildman–Crippen LogP) is 1.98. The van der Waals surface area contributed by atoms with Crippen LogP contribution in [-0.4, -0.2) is 18.7 Å². The molecule has 0 bridgehead atoms. The molecule has 4 unspecified atom stereocenters. The molecule has 1 fully saturated rings. The Bertz CT molecular complexity index is 393. The van der Waals surface area contributed by atoms with E-state index in [4.69, 9.17) is 10.5 Å². The number of benzene rings is 1. The monoisotopic (exact) mass is 263 g/mol. The molecule has 0 aliphatic carbocycles. The Morgan fingerprint density at radius 3 is 2.53 bits per heavy atom. The standard InChI is InChI=1S/C15H25N3O/c1-4-10(2)19-13-7-5-12(6-8-13)15-14(9-16)11(3)17-18-15/h5-8,10-11,14-15,17-18H,4,9,16H2,1-3H3. The zero-order chi connectivity index (χ0) is 13.8. The zero-order valence-electron chi connectivity index (χ0n) is 12.0. The molecule has 4 nitrogen and oxygen atoms in total. The maximum atomic E-state index is 5.86. The number of ether oxygens (including phenoxy) is 1. The van der Waals surface area contributed by atoms with Crippen LogP contribution in [-0.2, 0) is 0 Å². The quantitative estimate of drug-likeness (QED) is 0.760. The first-order valence-corrected chi connectivity index (χ1v) is 7.13. The molecule has 4 N–H and O–H groups in total. The summed E-state index contributed by atoms with van der Waals surface area (Å²) in [4.78, 5) is 0. The molecule has 19 heavy (non-hydrogen) atoms. The van der Waals surface area contributed by atoms with E-state index in [9.17, 15) is 0 Å². The maximum Gasteiger partial charge on any atom is 0.119 e. The Kier molecular flexibility index (Phi) is 4.80. The van der Waals surface area contributed by atoms with Gasteiger partial charge in [0.2, 0.25) is 0 Å². The Labute approximate surface area is 115 Å². The van der Waals surface area contributed by atoms with Crippen molar-refractivity contribution in [1.29, 1.82) is 0 Å². The van der Waals surface area contributed by atoms with Gasteiger partial charge in [-0.1, -0.05) is 19.1 Å². The van der Waals surface area contributed by atoms with E-state index >= 15 is 0 Å². The van der Waals surface area contributed by atoms with Gasteiger partial charge >= 0.3 is 0 Å². The fourth-order valence-corrected chi connectivity index (χ4v) is 2.46. The SMILES string of the molecule is CCC(C)Oc1ccc(C2NNC(C)C2CN)cc1. The number of hydrogen-bond acceptors (Lipinski definition) is 4. The van der Waals surface area contributed by atoms with Gasteiger partial charge in [0.15, 0.2) is 0 Å². The highest BCUT2D eigenvalue weighted by atomic mass is 16.5. The summed E-state index contributed by atoms with van der Waals surface area (Å²) in [5.41, 5.74) is 13.7. The van der Waals surface area contributed by atoms with E-state index < -0.39 is 0 Å². The van der Waals surface area contributed by atoms with E-state index in [2.05, 4.69) is 43.8 Å². The summed E-state index contributed by atoms with van der Waals surface area (Å²) in [5.74, 6) is 1.35. The molecule has 0 radical (unpaired) electrons. The molecule has 1 aromatic rings. The lowest BCUT2D eigenvalue weighted by molar-refractivity contribution is 0.217. The topological polar surface area (TPSA) is 59.3 Å². The molecule has 0 aromatic heterocycles. The van der Waals surface area contributed by atoms with Crippen molar-refractivity contribution in [2.45, 2.75) is 45.4 Å². The van der Waals surface area contributed by atoms with E-state index in [1.807, 2.05) is 12.1 Å². The van der Waals surface area contributed by atoms with Gasteiger partial charge < -0.3 is 10.5 Å². The molecule has 0 amide bonds. The second-order valence-corrected chi connectivity index (χ2v) is 5.36. The van der Waals surface area contributed by atoms with Gasteiger partial charge in [-0.2, -0.15) is 0 Å². The van der Waals surface area contributed by atoms with E-state index in [1.54, 1.807) is 0 Å². The number of hydrogen-bond donors (Lipinski definition) is 3. The summed E-state index contributed by atoms with van der Waals surface area (Å²) < 4.78 is 5.79. The van der Waals surface area contributed by atoms with Crippen molar-refractivity contribution in [2.75, 3.05) is 6.54 Å². The molecule has 1 saturated heterocycles. The van der Waals surface area contributed by atoms with Crippen LogP contribution in [0.25, 0.3) is 0 Å². The van der Waals surface area contributed by atoms with Gasteiger partial charge in [-0.15, -0.1) is 0 Å². The lowest BCUT2D eigenvalue weighted by Gasteiger charge is -2.20. The Morgan fingerprint density at radius 1 is 1.26 bits per heavy atom. The fraction of sp³-hybridized carbons (Fsp3) is 0.600. The van der Waals surface area contributed by atoms with E-state index in [-0.39, 0.29) is 12.1 Å². The minimum absolute atomic E-state index is 0.258. The molecular weight excluding hydrogens is 238 g/mol. The lowest BCUT2D eigenvalue weighted by Crippen LogP contribution is -2.30. The lowest BCUT2D eigenvalue weighted by atomic mass is 9.90. The van der Waals surface area contributed by atoms with Crippen LogP contribution in [0.1, 0.15) is 38.8 Å². The van der Waals surface area contributed by atoms with Crippen molar-refractivity contribution < 1.29 is 4.74 Å². The molecule has 4 heteroatoms. The number of nitrogens with two attached hydrogens (primary N) is 1. The normalized spacial score (nSPS) is 28.3. The first-order valence-electron chi connectivity index (χ1n) is 7.13. The molecule has 1 aliphatic rings. The summed E-state index contributed by atoms with van der Waals surface area (Å²) in [7, 11) is 0. The Balaban J connectivity index is 2.06. The van der Waals surface area contributed by atoms with Crippen molar-refractivity contribution in [2.24, 2.45) is 11.7 Å². The second-order valence-electron chi connectivity index (χ2n) is 5.36. The van der Waals surface area contributed by atoms with E-state index in [1.165, 1.54) is 5.56 Å². The van der Waals surface area contributed by atoms with Gasteiger partial charge in [0.05, 0.1) is 12.1 Å². The van der Waals surface area contributed by atoms with Crippen LogP contribution in [0.3, 0.4) is 0 Å². The molecule has 0 spiro atoms. The summed E-state index contributed by atoms with van der Waals surface area (Å²) in [5, 5.41) is 0. The molecule has 2 rings (SSSR count). The van der Waals surface area contributed by atoms with Crippen molar-refractivity contribution in [3.63, 3.8) is 0 Å².